The maximum Gasteiger partial charge on any atom is 0.277 e. The van der Waals surface area contributed by atoms with E-state index in [9.17, 15) is 9.59 Å². The second-order valence-corrected chi connectivity index (χ2v) is 16.6. The molecule has 1 unspecified atom stereocenters. The number of hydrogen-bond acceptors (Lipinski definition) is 5. The number of carbonyl (C=O) groups is 1. The number of hydrogen-bond donors (Lipinski definition) is 0. The molecule has 2 bridgehead atoms. The van der Waals surface area contributed by atoms with Gasteiger partial charge in [0.2, 0.25) is 5.43 Å². The van der Waals surface area contributed by atoms with Crippen molar-refractivity contribution in [3.05, 3.63) is 125 Å². The fraction of sp³-hybridized carbons (Fsp3) is 0.314. The van der Waals surface area contributed by atoms with Crippen molar-refractivity contribution in [3.63, 3.8) is 0 Å². The summed E-state index contributed by atoms with van der Waals surface area (Å²) in [6.45, 7) is 8.73. The molecule has 0 spiro atoms. The van der Waals surface area contributed by atoms with E-state index in [0.717, 1.165) is 12.0 Å². The number of pyridine rings is 1. The predicted molar refractivity (Wildman–Crippen MR) is 172 cm³/mol. The van der Waals surface area contributed by atoms with Crippen LogP contribution in [0, 0.1) is 0 Å². The smallest absolute Gasteiger partial charge is 0.277 e. The lowest BCUT2D eigenvalue weighted by Crippen LogP contribution is -2.68. The molecule has 6 rings (SSSR count). The Bertz CT molecular complexity index is 1580. The van der Waals surface area contributed by atoms with Crippen molar-refractivity contribution in [1.82, 2.24) is 9.58 Å². The molecule has 4 aromatic rings. The van der Waals surface area contributed by atoms with Crippen LogP contribution in [0.2, 0.25) is 5.04 Å². The zero-order valence-corrected chi connectivity index (χ0v) is 26.1. The van der Waals surface area contributed by atoms with Crippen molar-refractivity contribution in [1.29, 1.82) is 0 Å². The Morgan fingerprint density at radius 2 is 1.37 bits per heavy atom. The summed E-state index contributed by atoms with van der Waals surface area (Å²) >= 11 is 0. The molecule has 43 heavy (non-hydrogen) atoms. The molecule has 8 heteroatoms. The van der Waals surface area contributed by atoms with E-state index in [4.69, 9.17) is 9.16 Å². The lowest BCUT2D eigenvalue weighted by molar-refractivity contribution is 0.0603. The first-order chi connectivity index (χ1) is 20.8. The summed E-state index contributed by atoms with van der Waals surface area (Å²) in [6.07, 6.45) is 3.14. The topological polar surface area (TPSA) is 64.0 Å². The van der Waals surface area contributed by atoms with Gasteiger partial charge in [-0.1, -0.05) is 112 Å². The summed E-state index contributed by atoms with van der Waals surface area (Å²) in [5.41, 5.74) is 0.939. The third-order valence-electron chi connectivity index (χ3n) is 8.58. The molecular formula is C35H39N3O4Si. The number of fused-ring (bicyclic) bond motifs is 4. The van der Waals surface area contributed by atoms with E-state index in [0.29, 0.717) is 31.9 Å². The molecule has 0 aliphatic carbocycles. The minimum Gasteiger partial charge on any atom is -0.482 e. The van der Waals surface area contributed by atoms with Gasteiger partial charge in [-0.2, -0.15) is 0 Å². The van der Waals surface area contributed by atoms with Gasteiger partial charge in [0.25, 0.3) is 14.2 Å². The van der Waals surface area contributed by atoms with Crippen molar-refractivity contribution in [2.24, 2.45) is 0 Å². The highest BCUT2D eigenvalue weighted by Gasteiger charge is 2.51. The van der Waals surface area contributed by atoms with Crippen LogP contribution in [0.3, 0.4) is 0 Å². The van der Waals surface area contributed by atoms with E-state index in [1.807, 2.05) is 39.9 Å². The lowest BCUT2D eigenvalue weighted by atomic mass is 10.1. The van der Waals surface area contributed by atoms with E-state index >= 15 is 0 Å². The van der Waals surface area contributed by atoms with E-state index in [2.05, 4.69) is 86.4 Å². The molecule has 3 aromatic carbocycles. The fourth-order valence-corrected chi connectivity index (χ4v) is 11.2. The first-order valence-electron chi connectivity index (χ1n) is 15.0. The third kappa shape index (κ3) is 5.53. The summed E-state index contributed by atoms with van der Waals surface area (Å²) in [4.78, 5) is 28.7. The lowest BCUT2D eigenvalue weighted by Gasteiger charge is -2.47. The molecule has 222 valence electrons. The molecule has 1 amide bonds. The van der Waals surface area contributed by atoms with Gasteiger partial charge in [0.1, 0.15) is 13.3 Å². The molecule has 7 nitrogen and oxygen atoms in total. The minimum atomic E-state index is -2.75. The zero-order valence-electron chi connectivity index (χ0n) is 25.1. The summed E-state index contributed by atoms with van der Waals surface area (Å²) in [7, 11) is -2.75. The zero-order chi connectivity index (χ0) is 30.0. The number of nitrogens with zero attached hydrogens (tertiary/aromatic N) is 3. The van der Waals surface area contributed by atoms with Crippen LogP contribution < -0.4 is 25.5 Å². The van der Waals surface area contributed by atoms with Gasteiger partial charge in [-0.15, -0.1) is 0 Å². The van der Waals surface area contributed by atoms with Gasteiger partial charge in [-0.25, -0.2) is 0 Å². The van der Waals surface area contributed by atoms with Gasteiger partial charge in [-0.05, 0) is 33.8 Å². The standard InChI is InChI=1S/C35H39N3O4Si/c1-35(2,3)43(29-15-9-5-10-16-29,30-17-11-6-12-18-30)42-28-19-22-36-26-37(23-20-28)38-24-21-31(39)33(32(38)34(36)40)41-25-27-13-7-4-8-14-27/h4-18,21,24,28H,19-20,22-23,25-26H2,1-3H3. The maximum atomic E-state index is 13.9. The molecule has 3 heterocycles. The second-order valence-electron chi connectivity index (χ2n) is 12.4. The van der Waals surface area contributed by atoms with Crippen LogP contribution in [0.15, 0.2) is 108 Å². The molecule has 0 N–H and O–H groups in total. The maximum absolute atomic E-state index is 13.9. The van der Waals surface area contributed by atoms with Crippen LogP contribution in [-0.4, -0.2) is 49.7 Å². The highest BCUT2D eigenvalue weighted by Crippen LogP contribution is 2.38. The Balaban J connectivity index is 1.32. The number of amides is 1. The molecule has 1 saturated heterocycles. The van der Waals surface area contributed by atoms with Crippen LogP contribution >= 0.6 is 0 Å². The molecule has 2 aliphatic rings. The molecule has 1 atom stereocenters. The minimum absolute atomic E-state index is 0.0564. The van der Waals surface area contributed by atoms with Crippen LogP contribution in [0.4, 0.5) is 0 Å². The van der Waals surface area contributed by atoms with Crippen molar-refractivity contribution in [2.75, 3.05) is 24.8 Å². The van der Waals surface area contributed by atoms with Crippen LogP contribution in [0.25, 0.3) is 0 Å². The molecule has 1 fully saturated rings. The Morgan fingerprint density at radius 1 is 0.791 bits per heavy atom. The number of rotatable bonds is 7. The SMILES string of the molecule is CC(C)(C)[Si](OC1CCN2CN(CC1)n1ccc(=O)c(OCc3ccccc3)c1C2=O)(c1ccccc1)c1ccccc1. The summed E-state index contributed by atoms with van der Waals surface area (Å²) in [6, 6.07) is 32.5. The quantitative estimate of drug-likeness (QED) is 0.295. The Morgan fingerprint density at radius 3 is 1.98 bits per heavy atom. The molecule has 0 saturated carbocycles. The Hall–Kier alpha value is -4.14. The number of benzene rings is 3. The monoisotopic (exact) mass is 593 g/mol. The van der Waals surface area contributed by atoms with Crippen molar-refractivity contribution in [2.45, 2.75) is 51.4 Å². The highest BCUT2D eigenvalue weighted by atomic mass is 28.4. The average molecular weight is 594 g/mol. The van der Waals surface area contributed by atoms with Crippen LogP contribution in [0.1, 0.15) is 49.7 Å². The molecule has 0 radical (unpaired) electrons. The molecular weight excluding hydrogens is 554 g/mol. The third-order valence-corrected chi connectivity index (χ3v) is 13.7. The average Bonchev–Trinajstić information content (AvgIpc) is 3.01. The van der Waals surface area contributed by atoms with E-state index in [1.54, 1.807) is 6.20 Å². The van der Waals surface area contributed by atoms with Gasteiger partial charge in [0, 0.05) is 31.5 Å². The van der Waals surface area contributed by atoms with Gasteiger partial charge < -0.3 is 14.1 Å². The van der Waals surface area contributed by atoms with Gasteiger partial charge >= 0.3 is 0 Å². The molecule has 1 aromatic heterocycles. The number of aromatic nitrogens is 1. The van der Waals surface area contributed by atoms with Crippen LogP contribution in [-0.2, 0) is 11.0 Å². The highest BCUT2D eigenvalue weighted by molar-refractivity contribution is 6.99. The van der Waals surface area contributed by atoms with E-state index < -0.39 is 8.32 Å². The summed E-state index contributed by atoms with van der Waals surface area (Å²) in [5.74, 6) is -0.0881. The fourth-order valence-electron chi connectivity index (χ4n) is 6.44. The largest absolute Gasteiger partial charge is 0.482 e. The van der Waals surface area contributed by atoms with E-state index in [-0.39, 0.29) is 34.8 Å². The van der Waals surface area contributed by atoms with Gasteiger partial charge in [0.15, 0.2) is 11.4 Å². The molecule has 2 aliphatic heterocycles. The number of ether oxygens (including phenoxy) is 1. The predicted octanol–water partition coefficient (Wildman–Crippen LogP) is 4.52. The Labute approximate surface area is 254 Å². The van der Waals surface area contributed by atoms with Gasteiger partial charge in [-0.3, -0.25) is 19.3 Å². The summed E-state index contributed by atoms with van der Waals surface area (Å²) in [5, 5.41) is 4.47. The van der Waals surface area contributed by atoms with Crippen molar-refractivity contribution >= 4 is 24.6 Å². The van der Waals surface area contributed by atoms with Crippen molar-refractivity contribution in [3.8, 4) is 5.75 Å². The first-order valence-corrected chi connectivity index (χ1v) is 16.9. The van der Waals surface area contributed by atoms with E-state index in [1.165, 1.54) is 16.4 Å². The Kier molecular flexibility index (Phi) is 7.98. The van der Waals surface area contributed by atoms with Crippen molar-refractivity contribution < 1.29 is 14.0 Å². The first kappa shape index (κ1) is 29.0. The second kappa shape index (κ2) is 11.9. The normalized spacial score (nSPS) is 17.2. The summed E-state index contributed by atoms with van der Waals surface area (Å²) < 4.78 is 15.3. The van der Waals surface area contributed by atoms with Gasteiger partial charge in [0.05, 0.1) is 0 Å². The number of carbonyl (C=O) groups excluding carboxylic acids is 1. The van der Waals surface area contributed by atoms with Crippen LogP contribution in [0.5, 0.6) is 5.75 Å².